The SMILES string of the molecule is CO[C@H](Cc1ccc(C)cc1)C(=O)O. The Morgan fingerprint density at radius 3 is 2.43 bits per heavy atom. The summed E-state index contributed by atoms with van der Waals surface area (Å²) in [7, 11) is 1.41. The lowest BCUT2D eigenvalue weighted by atomic mass is 10.1. The smallest absolute Gasteiger partial charge is 0.333 e. The lowest BCUT2D eigenvalue weighted by Crippen LogP contribution is -2.24. The van der Waals surface area contributed by atoms with Crippen molar-refractivity contribution in [2.75, 3.05) is 7.11 Å². The molecule has 0 amide bonds. The van der Waals surface area contributed by atoms with Crippen molar-refractivity contribution in [3.8, 4) is 0 Å². The van der Waals surface area contributed by atoms with Gasteiger partial charge in [-0.15, -0.1) is 0 Å². The summed E-state index contributed by atoms with van der Waals surface area (Å²) < 4.78 is 4.85. The van der Waals surface area contributed by atoms with Crippen LogP contribution in [0.3, 0.4) is 0 Å². The molecule has 1 aromatic carbocycles. The van der Waals surface area contributed by atoms with Gasteiger partial charge in [0.1, 0.15) is 0 Å². The van der Waals surface area contributed by atoms with Crippen LogP contribution in [-0.2, 0) is 16.0 Å². The maximum atomic E-state index is 10.7. The molecule has 0 spiro atoms. The van der Waals surface area contributed by atoms with Crippen LogP contribution in [0.1, 0.15) is 11.1 Å². The number of carboxylic acid groups (broad SMARTS) is 1. The summed E-state index contributed by atoms with van der Waals surface area (Å²) >= 11 is 0. The molecule has 0 bridgehead atoms. The van der Waals surface area contributed by atoms with Crippen molar-refractivity contribution in [2.45, 2.75) is 19.4 Å². The Balaban J connectivity index is 2.67. The van der Waals surface area contributed by atoms with E-state index in [4.69, 9.17) is 9.84 Å². The van der Waals surface area contributed by atoms with E-state index in [1.807, 2.05) is 31.2 Å². The number of benzene rings is 1. The molecule has 1 atom stereocenters. The monoisotopic (exact) mass is 194 g/mol. The summed E-state index contributed by atoms with van der Waals surface area (Å²) in [5, 5.41) is 8.76. The second kappa shape index (κ2) is 4.77. The van der Waals surface area contributed by atoms with Crippen LogP contribution in [0.25, 0.3) is 0 Å². The van der Waals surface area contributed by atoms with E-state index >= 15 is 0 Å². The van der Waals surface area contributed by atoms with Gasteiger partial charge >= 0.3 is 5.97 Å². The van der Waals surface area contributed by atoms with Crippen molar-refractivity contribution in [2.24, 2.45) is 0 Å². The van der Waals surface area contributed by atoms with Gasteiger partial charge in [-0.05, 0) is 12.5 Å². The van der Waals surface area contributed by atoms with Crippen molar-refractivity contribution in [1.29, 1.82) is 0 Å². The predicted molar refractivity (Wildman–Crippen MR) is 53.3 cm³/mol. The summed E-state index contributed by atoms with van der Waals surface area (Å²) in [6.07, 6.45) is -0.343. The first-order valence-electron chi connectivity index (χ1n) is 4.44. The fourth-order valence-electron chi connectivity index (χ4n) is 1.21. The van der Waals surface area contributed by atoms with Gasteiger partial charge in [-0.2, -0.15) is 0 Å². The summed E-state index contributed by atoms with van der Waals surface area (Å²) in [6.45, 7) is 1.99. The molecule has 0 saturated carbocycles. The van der Waals surface area contributed by atoms with Gasteiger partial charge in [-0.1, -0.05) is 29.8 Å². The largest absolute Gasteiger partial charge is 0.479 e. The molecule has 0 unspecified atom stereocenters. The number of ether oxygens (including phenoxy) is 1. The van der Waals surface area contributed by atoms with Gasteiger partial charge in [0.05, 0.1) is 0 Å². The van der Waals surface area contributed by atoms with Crippen LogP contribution in [0, 0.1) is 6.92 Å². The van der Waals surface area contributed by atoms with E-state index in [0.717, 1.165) is 11.1 Å². The van der Waals surface area contributed by atoms with Crippen LogP contribution in [-0.4, -0.2) is 24.3 Å². The zero-order valence-electron chi connectivity index (χ0n) is 8.36. The molecular formula is C11H14O3. The summed E-state index contributed by atoms with van der Waals surface area (Å²) in [4.78, 5) is 10.7. The van der Waals surface area contributed by atoms with Crippen LogP contribution in [0.5, 0.6) is 0 Å². The maximum absolute atomic E-state index is 10.7. The van der Waals surface area contributed by atoms with E-state index in [2.05, 4.69) is 0 Å². The third kappa shape index (κ3) is 2.85. The summed E-state index contributed by atoms with van der Waals surface area (Å²) in [5.41, 5.74) is 2.14. The van der Waals surface area contributed by atoms with Crippen LogP contribution >= 0.6 is 0 Å². The Kier molecular flexibility index (Phi) is 3.65. The highest BCUT2D eigenvalue weighted by Crippen LogP contribution is 2.07. The minimum atomic E-state index is -0.923. The van der Waals surface area contributed by atoms with Gasteiger partial charge < -0.3 is 9.84 Å². The molecule has 0 aliphatic rings. The third-order valence-electron chi connectivity index (χ3n) is 2.10. The molecular weight excluding hydrogens is 180 g/mol. The second-order valence-electron chi connectivity index (χ2n) is 3.25. The standard InChI is InChI=1S/C11H14O3/c1-8-3-5-9(6-4-8)7-10(14-2)11(12)13/h3-6,10H,7H2,1-2H3,(H,12,13)/t10-/m1/s1. The number of hydrogen-bond donors (Lipinski definition) is 1. The van der Waals surface area contributed by atoms with Gasteiger partial charge in [-0.25, -0.2) is 4.79 Å². The Labute approximate surface area is 83.3 Å². The van der Waals surface area contributed by atoms with E-state index in [-0.39, 0.29) is 0 Å². The second-order valence-corrected chi connectivity index (χ2v) is 3.25. The van der Waals surface area contributed by atoms with E-state index in [1.54, 1.807) is 0 Å². The molecule has 1 aromatic rings. The molecule has 0 radical (unpaired) electrons. The minimum Gasteiger partial charge on any atom is -0.479 e. The first-order valence-corrected chi connectivity index (χ1v) is 4.44. The molecule has 0 heterocycles. The van der Waals surface area contributed by atoms with Gasteiger partial charge in [-0.3, -0.25) is 0 Å². The van der Waals surface area contributed by atoms with E-state index in [1.165, 1.54) is 7.11 Å². The van der Waals surface area contributed by atoms with Gasteiger partial charge in [0.2, 0.25) is 0 Å². The van der Waals surface area contributed by atoms with E-state index in [9.17, 15) is 4.79 Å². The molecule has 0 aliphatic carbocycles. The van der Waals surface area contributed by atoms with Crippen LogP contribution in [0.15, 0.2) is 24.3 Å². The average molecular weight is 194 g/mol. The molecule has 14 heavy (non-hydrogen) atoms. The number of methoxy groups -OCH3 is 1. The molecule has 0 aliphatic heterocycles. The van der Waals surface area contributed by atoms with Crippen molar-refractivity contribution in [1.82, 2.24) is 0 Å². The summed E-state index contributed by atoms with van der Waals surface area (Å²) in [5.74, 6) is -0.923. The molecule has 0 fully saturated rings. The Morgan fingerprint density at radius 2 is 2.00 bits per heavy atom. The van der Waals surface area contributed by atoms with Crippen LogP contribution < -0.4 is 0 Å². The van der Waals surface area contributed by atoms with Crippen LogP contribution in [0.4, 0.5) is 0 Å². The van der Waals surface area contributed by atoms with Gasteiger partial charge in [0, 0.05) is 13.5 Å². The topological polar surface area (TPSA) is 46.5 Å². The molecule has 76 valence electrons. The number of hydrogen-bond acceptors (Lipinski definition) is 2. The first kappa shape index (κ1) is 10.7. The number of rotatable bonds is 4. The Morgan fingerprint density at radius 1 is 1.43 bits per heavy atom. The normalized spacial score (nSPS) is 12.4. The lowest BCUT2D eigenvalue weighted by molar-refractivity contribution is -0.148. The number of carbonyl (C=O) groups is 1. The van der Waals surface area contributed by atoms with E-state index in [0.29, 0.717) is 6.42 Å². The van der Waals surface area contributed by atoms with Crippen molar-refractivity contribution in [3.05, 3.63) is 35.4 Å². The number of aryl methyl sites for hydroxylation is 1. The van der Waals surface area contributed by atoms with Gasteiger partial charge in [0.25, 0.3) is 0 Å². The number of aliphatic carboxylic acids is 1. The molecule has 1 rings (SSSR count). The fraction of sp³-hybridized carbons (Fsp3) is 0.364. The fourth-order valence-corrected chi connectivity index (χ4v) is 1.21. The Bertz CT molecular complexity index is 303. The minimum absolute atomic E-state index is 0.409. The van der Waals surface area contributed by atoms with Crippen molar-refractivity contribution >= 4 is 5.97 Å². The predicted octanol–water partition coefficient (Wildman–Crippen LogP) is 1.64. The zero-order valence-corrected chi connectivity index (χ0v) is 8.36. The van der Waals surface area contributed by atoms with Crippen molar-refractivity contribution < 1.29 is 14.6 Å². The Hall–Kier alpha value is -1.35. The van der Waals surface area contributed by atoms with Crippen LogP contribution in [0.2, 0.25) is 0 Å². The molecule has 1 N–H and O–H groups in total. The molecule has 0 saturated heterocycles. The highest BCUT2D eigenvalue weighted by Gasteiger charge is 2.16. The third-order valence-corrected chi connectivity index (χ3v) is 2.10. The zero-order chi connectivity index (χ0) is 10.6. The van der Waals surface area contributed by atoms with Crippen molar-refractivity contribution in [3.63, 3.8) is 0 Å². The van der Waals surface area contributed by atoms with E-state index < -0.39 is 12.1 Å². The summed E-state index contributed by atoms with van der Waals surface area (Å²) in [6, 6.07) is 7.77. The maximum Gasteiger partial charge on any atom is 0.333 e. The number of carboxylic acids is 1. The highest BCUT2D eigenvalue weighted by molar-refractivity contribution is 5.72. The molecule has 3 nitrogen and oxygen atoms in total. The van der Waals surface area contributed by atoms with Gasteiger partial charge in [0.15, 0.2) is 6.10 Å². The molecule has 3 heteroatoms. The lowest BCUT2D eigenvalue weighted by Gasteiger charge is -2.10. The first-order chi connectivity index (χ1) is 6.63. The highest BCUT2D eigenvalue weighted by atomic mass is 16.5. The quantitative estimate of drug-likeness (QED) is 0.792. The average Bonchev–Trinajstić information content (AvgIpc) is 2.16. The molecule has 0 aromatic heterocycles.